The summed E-state index contributed by atoms with van der Waals surface area (Å²) in [6, 6.07) is 5.54. The molecule has 0 saturated heterocycles. The van der Waals surface area contributed by atoms with Crippen LogP contribution in [-0.2, 0) is 0 Å². The number of aryl methyl sites for hydroxylation is 1. The standard InChI is InChI=1S/C15H21BrN2OS/c1-4-8-18(9-5-2)15(20)17-14(19)12-7-6-11(3)13(16)10-12/h6-7,10H,4-5,8-9H2,1-3H3,(H,17,19,20). The van der Waals surface area contributed by atoms with E-state index in [1.807, 2.05) is 30.0 Å². The van der Waals surface area contributed by atoms with Crippen molar-refractivity contribution in [1.82, 2.24) is 10.2 Å². The molecule has 0 saturated carbocycles. The van der Waals surface area contributed by atoms with Gasteiger partial charge in [0.25, 0.3) is 5.91 Å². The number of hydrogen-bond acceptors (Lipinski definition) is 2. The lowest BCUT2D eigenvalue weighted by molar-refractivity contribution is 0.0973. The van der Waals surface area contributed by atoms with E-state index in [-0.39, 0.29) is 5.91 Å². The molecule has 0 heterocycles. The Morgan fingerprint density at radius 1 is 1.30 bits per heavy atom. The first-order valence-electron chi connectivity index (χ1n) is 6.86. The van der Waals surface area contributed by atoms with Gasteiger partial charge in [0.05, 0.1) is 0 Å². The number of nitrogens with one attached hydrogen (secondary N) is 1. The Labute approximate surface area is 134 Å². The van der Waals surface area contributed by atoms with Gasteiger partial charge < -0.3 is 4.90 Å². The topological polar surface area (TPSA) is 32.3 Å². The average molecular weight is 357 g/mol. The Hall–Kier alpha value is -0.940. The van der Waals surface area contributed by atoms with E-state index in [1.54, 1.807) is 0 Å². The van der Waals surface area contributed by atoms with Gasteiger partial charge in [-0.1, -0.05) is 35.8 Å². The Morgan fingerprint density at radius 2 is 1.90 bits per heavy atom. The van der Waals surface area contributed by atoms with Crippen molar-refractivity contribution in [2.45, 2.75) is 33.6 Å². The fraction of sp³-hybridized carbons (Fsp3) is 0.467. The van der Waals surface area contributed by atoms with Crippen LogP contribution in [0.2, 0.25) is 0 Å². The summed E-state index contributed by atoms with van der Waals surface area (Å²) >= 11 is 8.76. The van der Waals surface area contributed by atoms with Crippen LogP contribution in [0.1, 0.15) is 42.6 Å². The van der Waals surface area contributed by atoms with Crippen LogP contribution in [0.5, 0.6) is 0 Å². The molecule has 110 valence electrons. The third-order valence-corrected chi connectivity index (χ3v) is 4.14. The maximum atomic E-state index is 12.2. The molecule has 0 aromatic heterocycles. The zero-order valence-corrected chi connectivity index (χ0v) is 14.6. The zero-order valence-electron chi connectivity index (χ0n) is 12.2. The van der Waals surface area contributed by atoms with Gasteiger partial charge in [-0.25, -0.2) is 0 Å². The highest BCUT2D eigenvalue weighted by atomic mass is 79.9. The van der Waals surface area contributed by atoms with Crippen molar-refractivity contribution in [2.75, 3.05) is 13.1 Å². The molecule has 1 aromatic carbocycles. The van der Waals surface area contributed by atoms with Crippen LogP contribution in [0.3, 0.4) is 0 Å². The van der Waals surface area contributed by atoms with E-state index >= 15 is 0 Å². The first-order chi connectivity index (χ1) is 9.49. The van der Waals surface area contributed by atoms with Crippen LogP contribution in [0.25, 0.3) is 0 Å². The number of amides is 1. The Balaban J connectivity index is 2.73. The number of rotatable bonds is 5. The van der Waals surface area contributed by atoms with Crippen molar-refractivity contribution < 1.29 is 4.79 Å². The predicted octanol–water partition coefficient (Wildman–Crippen LogP) is 3.89. The summed E-state index contributed by atoms with van der Waals surface area (Å²) in [6.45, 7) is 7.92. The third kappa shape index (κ3) is 4.87. The first-order valence-corrected chi connectivity index (χ1v) is 8.06. The van der Waals surface area contributed by atoms with E-state index in [9.17, 15) is 4.79 Å². The number of hydrogen-bond donors (Lipinski definition) is 1. The number of carbonyl (C=O) groups excluding carboxylic acids is 1. The molecule has 1 N–H and O–H groups in total. The molecule has 1 aromatic rings. The molecular formula is C15H21BrN2OS. The van der Waals surface area contributed by atoms with Crippen LogP contribution >= 0.6 is 28.1 Å². The molecule has 0 fully saturated rings. The molecule has 0 radical (unpaired) electrons. The van der Waals surface area contributed by atoms with E-state index in [0.717, 1.165) is 36.0 Å². The van der Waals surface area contributed by atoms with Gasteiger partial charge in [-0.2, -0.15) is 0 Å². The number of benzene rings is 1. The van der Waals surface area contributed by atoms with Gasteiger partial charge in [0.1, 0.15) is 0 Å². The Morgan fingerprint density at radius 3 is 2.40 bits per heavy atom. The van der Waals surface area contributed by atoms with Gasteiger partial charge in [0.15, 0.2) is 5.11 Å². The SMILES string of the molecule is CCCN(CCC)C(=S)NC(=O)c1ccc(C)c(Br)c1. The van der Waals surface area contributed by atoms with Crippen molar-refractivity contribution in [2.24, 2.45) is 0 Å². The molecule has 0 atom stereocenters. The van der Waals surface area contributed by atoms with Crippen LogP contribution in [-0.4, -0.2) is 29.0 Å². The van der Waals surface area contributed by atoms with Gasteiger partial charge >= 0.3 is 0 Å². The summed E-state index contributed by atoms with van der Waals surface area (Å²) in [5.41, 5.74) is 1.71. The highest BCUT2D eigenvalue weighted by molar-refractivity contribution is 9.10. The summed E-state index contributed by atoms with van der Waals surface area (Å²) in [4.78, 5) is 14.2. The fourth-order valence-electron chi connectivity index (χ4n) is 1.84. The molecule has 1 amide bonds. The van der Waals surface area contributed by atoms with Crippen molar-refractivity contribution in [1.29, 1.82) is 0 Å². The van der Waals surface area contributed by atoms with Crippen molar-refractivity contribution >= 4 is 39.2 Å². The molecule has 20 heavy (non-hydrogen) atoms. The van der Waals surface area contributed by atoms with Crippen LogP contribution in [0.15, 0.2) is 22.7 Å². The van der Waals surface area contributed by atoms with Gasteiger partial charge in [-0.05, 0) is 49.7 Å². The molecule has 0 bridgehead atoms. The second kappa shape index (κ2) is 8.37. The number of nitrogens with zero attached hydrogens (tertiary/aromatic N) is 1. The largest absolute Gasteiger partial charge is 0.349 e. The van der Waals surface area contributed by atoms with Crippen molar-refractivity contribution in [3.63, 3.8) is 0 Å². The molecule has 0 spiro atoms. The van der Waals surface area contributed by atoms with E-state index < -0.39 is 0 Å². The number of thiocarbonyl (C=S) groups is 1. The van der Waals surface area contributed by atoms with Crippen molar-refractivity contribution in [3.05, 3.63) is 33.8 Å². The summed E-state index contributed by atoms with van der Waals surface area (Å²) in [5.74, 6) is -0.159. The number of carbonyl (C=O) groups is 1. The average Bonchev–Trinajstić information content (AvgIpc) is 2.41. The molecule has 0 unspecified atom stereocenters. The second-order valence-corrected chi connectivity index (χ2v) is 5.95. The molecule has 0 aliphatic carbocycles. The lowest BCUT2D eigenvalue weighted by atomic mass is 10.1. The monoisotopic (exact) mass is 356 g/mol. The van der Waals surface area contributed by atoms with Crippen LogP contribution < -0.4 is 5.32 Å². The minimum Gasteiger partial charge on any atom is -0.349 e. The summed E-state index contributed by atoms with van der Waals surface area (Å²) < 4.78 is 0.926. The van der Waals surface area contributed by atoms with E-state index in [1.165, 1.54) is 0 Å². The molecule has 5 heteroatoms. The maximum absolute atomic E-state index is 12.2. The third-order valence-electron chi connectivity index (χ3n) is 2.93. The second-order valence-electron chi connectivity index (χ2n) is 4.71. The highest BCUT2D eigenvalue weighted by Gasteiger charge is 2.13. The van der Waals surface area contributed by atoms with Gasteiger partial charge in [-0.3, -0.25) is 10.1 Å². The number of halogens is 1. The molecule has 1 rings (SSSR count). The van der Waals surface area contributed by atoms with Crippen LogP contribution in [0.4, 0.5) is 0 Å². The Kier molecular flexibility index (Phi) is 7.16. The van der Waals surface area contributed by atoms with E-state index in [4.69, 9.17) is 12.2 Å². The summed E-state index contributed by atoms with van der Waals surface area (Å²) in [7, 11) is 0. The molecule has 3 nitrogen and oxygen atoms in total. The lowest BCUT2D eigenvalue weighted by Gasteiger charge is -2.24. The molecule has 0 aliphatic rings. The van der Waals surface area contributed by atoms with Gasteiger partial charge in [0, 0.05) is 23.1 Å². The zero-order chi connectivity index (χ0) is 15.1. The highest BCUT2D eigenvalue weighted by Crippen LogP contribution is 2.17. The first kappa shape index (κ1) is 17.1. The molecular weight excluding hydrogens is 336 g/mol. The normalized spacial score (nSPS) is 10.2. The fourth-order valence-corrected chi connectivity index (χ4v) is 2.49. The van der Waals surface area contributed by atoms with E-state index in [2.05, 4.69) is 35.1 Å². The summed E-state index contributed by atoms with van der Waals surface area (Å²) in [6.07, 6.45) is 2.01. The minimum absolute atomic E-state index is 0.159. The van der Waals surface area contributed by atoms with Crippen LogP contribution in [0, 0.1) is 6.92 Å². The minimum atomic E-state index is -0.159. The predicted molar refractivity (Wildman–Crippen MR) is 91.1 cm³/mol. The lowest BCUT2D eigenvalue weighted by Crippen LogP contribution is -2.43. The smallest absolute Gasteiger partial charge is 0.257 e. The van der Waals surface area contributed by atoms with Gasteiger partial charge in [-0.15, -0.1) is 0 Å². The van der Waals surface area contributed by atoms with E-state index in [0.29, 0.717) is 10.7 Å². The quantitative estimate of drug-likeness (QED) is 0.812. The summed E-state index contributed by atoms with van der Waals surface area (Å²) in [5, 5.41) is 3.32. The van der Waals surface area contributed by atoms with Crippen molar-refractivity contribution in [3.8, 4) is 0 Å². The Bertz CT molecular complexity index is 485. The van der Waals surface area contributed by atoms with Gasteiger partial charge in [0.2, 0.25) is 0 Å². The maximum Gasteiger partial charge on any atom is 0.257 e. The molecule has 0 aliphatic heterocycles.